The number of aromatic nitrogens is 1. The number of rotatable bonds is 5. The average Bonchev–Trinajstić information content (AvgIpc) is 2.46. The third-order valence-corrected chi connectivity index (χ3v) is 3.83. The number of hydrogen-bond donors (Lipinski definition) is 1. The first kappa shape index (κ1) is 15.9. The zero-order valence-electron chi connectivity index (χ0n) is 13.7. The van der Waals surface area contributed by atoms with Crippen molar-refractivity contribution in [3.8, 4) is 0 Å². The number of fused-ring (bicyclic) bond motifs is 1. The highest BCUT2D eigenvalue weighted by Crippen LogP contribution is 2.35. The highest BCUT2D eigenvalue weighted by Gasteiger charge is 2.33. The molecule has 2 aromatic rings. The smallest absolute Gasteiger partial charge is 0.0817 e. The second-order valence-electron chi connectivity index (χ2n) is 6.43. The van der Waals surface area contributed by atoms with Crippen LogP contribution in [-0.4, -0.2) is 24.7 Å². The summed E-state index contributed by atoms with van der Waals surface area (Å²) in [4.78, 5) is 4.46. The quantitative estimate of drug-likeness (QED) is 0.903. The van der Waals surface area contributed by atoms with Gasteiger partial charge in [0, 0.05) is 18.2 Å². The third-order valence-electron chi connectivity index (χ3n) is 3.83. The Morgan fingerprint density at radius 3 is 2.57 bits per heavy atom. The van der Waals surface area contributed by atoms with Gasteiger partial charge in [0.25, 0.3) is 0 Å². The minimum absolute atomic E-state index is 0.0497. The van der Waals surface area contributed by atoms with Crippen LogP contribution in [0.25, 0.3) is 10.9 Å². The van der Waals surface area contributed by atoms with E-state index in [0.717, 1.165) is 5.52 Å². The molecule has 0 bridgehead atoms. The molecule has 2 atom stereocenters. The van der Waals surface area contributed by atoms with E-state index in [-0.39, 0.29) is 17.6 Å². The molecule has 1 heterocycles. The van der Waals surface area contributed by atoms with Gasteiger partial charge in [0.05, 0.1) is 17.7 Å². The monoisotopic (exact) mass is 286 g/mol. The number of benzene rings is 1. The summed E-state index contributed by atoms with van der Waals surface area (Å²) < 4.78 is 6.08. The van der Waals surface area contributed by atoms with Crippen LogP contribution in [0, 0.1) is 5.41 Å². The molecule has 0 aliphatic rings. The third kappa shape index (κ3) is 3.42. The maximum atomic E-state index is 6.08. The van der Waals surface area contributed by atoms with Crippen LogP contribution < -0.4 is 5.32 Å². The minimum Gasteiger partial charge on any atom is -0.376 e. The van der Waals surface area contributed by atoms with Crippen LogP contribution in [0.1, 0.15) is 39.3 Å². The molecule has 0 amide bonds. The van der Waals surface area contributed by atoms with Crippen molar-refractivity contribution in [1.29, 1.82) is 0 Å². The van der Waals surface area contributed by atoms with Gasteiger partial charge in [-0.25, -0.2) is 0 Å². The number of nitrogens with zero attached hydrogens (tertiary/aromatic N) is 1. The highest BCUT2D eigenvalue weighted by molar-refractivity contribution is 5.82. The predicted molar refractivity (Wildman–Crippen MR) is 88.4 cm³/mol. The lowest BCUT2D eigenvalue weighted by atomic mass is 9.81. The van der Waals surface area contributed by atoms with Crippen molar-refractivity contribution in [2.75, 3.05) is 13.7 Å². The Morgan fingerprint density at radius 2 is 1.95 bits per heavy atom. The molecule has 0 aliphatic heterocycles. The first-order valence-corrected chi connectivity index (χ1v) is 7.61. The van der Waals surface area contributed by atoms with Gasteiger partial charge in [0.15, 0.2) is 0 Å². The van der Waals surface area contributed by atoms with E-state index in [9.17, 15) is 0 Å². The summed E-state index contributed by atoms with van der Waals surface area (Å²) in [5.74, 6) is 0. The number of likely N-dealkylation sites (N-methyl/N-ethyl adjacent to an activating group) is 1. The Balaban J connectivity index is 2.52. The van der Waals surface area contributed by atoms with Crippen molar-refractivity contribution in [2.45, 2.75) is 39.8 Å². The molecule has 2 rings (SSSR count). The summed E-state index contributed by atoms with van der Waals surface area (Å²) in [6, 6.07) is 10.6. The molecule has 2 unspecified atom stereocenters. The summed E-state index contributed by atoms with van der Waals surface area (Å²) in [5.41, 5.74) is 2.32. The van der Waals surface area contributed by atoms with E-state index in [1.807, 2.05) is 19.3 Å². The summed E-state index contributed by atoms with van der Waals surface area (Å²) in [6.07, 6.45) is 1.93. The molecule has 1 aromatic carbocycles. The Hall–Kier alpha value is -1.45. The molecule has 0 radical (unpaired) electrons. The van der Waals surface area contributed by atoms with Gasteiger partial charge in [-0.1, -0.05) is 39.0 Å². The Labute approximate surface area is 127 Å². The first-order chi connectivity index (χ1) is 9.99. The molecule has 1 N–H and O–H groups in total. The zero-order valence-corrected chi connectivity index (χ0v) is 13.7. The second-order valence-corrected chi connectivity index (χ2v) is 6.43. The number of pyridine rings is 1. The number of nitrogens with one attached hydrogen (secondary N) is 1. The van der Waals surface area contributed by atoms with Gasteiger partial charge in [-0.2, -0.15) is 0 Å². The molecular weight excluding hydrogens is 260 g/mol. The van der Waals surface area contributed by atoms with Gasteiger partial charge in [0.2, 0.25) is 0 Å². The Morgan fingerprint density at radius 1 is 1.19 bits per heavy atom. The zero-order chi connectivity index (χ0) is 15.5. The van der Waals surface area contributed by atoms with E-state index in [1.54, 1.807) is 0 Å². The molecular formula is C18H26N2O. The van der Waals surface area contributed by atoms with Crippen LogP contribution in [-0.2, 0) is 4.74 Å². The predicted octanol–water partition coefficient (Wildman–Crippen LogP) is 3.95. The minimum atomic E-state index is 0.0497. The van der Waals surface area contributed by atoms with Crippen molar-refractivity contribution in [1.82, 2.24) is 10.3 Å². The summed E-state index contributed by atoms with van der Waals surface area (Å²) in [5, 5.41) is 4.64. The molecule has 3 nitrogen and oxygen atoms in total. The fourth-order valence-corrected chi connectivity index (χ4v) is 2.89. The molecule has 1 aromatic heterocycles. The maximum absolute atomic E-state index is 6.08. The van der Waals surface area contributed by atoms with Gasteiger partial charge in [-0.05, 0) is 37.1 Å². The van der Waals surface area contributed by atoms with E-state index in [0.29, 0.717) is 6.61 Å². The van der Waals surface area contributed by atoms with Gasteiger partial charge in [-0.15, -0.1) is 0 Å². The Bertz CT molecular complexity index is 584. The summed E-state index contributed by atoms with van der Waals surface area (Å²) >= 11 is 0. The molecule has 3 heteroatoms. The van der Waals surface area contributed by atoms with E-state index in [2.05, 4.69) is 62.3 Å². The number of ether oxygens (including phenoxy) is 1. The van der Waals surface area contributed by atoms with Crippen LogP contribution in [0.2, 0.25) is 0 Å². The van der Waals surface area contributed by atoms with Crippen molar-refractivity contribution in [3.63, 3.8) is 0 Å². The number of hydrogen-bond acceptors (Lipinski definition) is 3. The van der Waals surface area contributed by atoms with Gasteiger partial charge in [0.1, 0.15) is 0 Å². The van der Waals surface area contributed by atoms with E-state index < -0.39 is 0 Å². The lowest BCUT2D eigenvalue weighted by molar-refractivity contribution is -0.0347. The molecule has 0 saturated heterocycles. The standard InChI is InChI=1S/C18H26N2O/c1-6-21-17(18(2,3)4)16(19-5)14-9-7-11-15-13(14)10-8-12-20-15/h7-12,16-17,19H,6H2,1-5H3. The van der Waals surface area contributed by atoms with Crippen LogP contribution >= 0.6 is 0 Å². The highest BCUT2D eigenvalue weighted by atomic mass is 16.5. The van der Waals surface area contributed by atoms with Crippen molar-refractivity contribution in [3.05, 3.63) is 42.1 Å². The summed E-state index contributed by atoms with van der Waals surface area (Å²) in [7, 11) is 2.00. The Kier molecular flexibility index (Phi) is 4.96. The van der Waals surface area contributed by atoms with Crippen molar-refractivity contribution < 1.29 is 4.74 Å². The average molecular weight is 286 g/mol. The lowest BCUT2D eigenvalue weighted by Crippen LogP contribution is -2.41. The van der Waals surface area contributed by atoms with Gasteiger partial charge >= 0.3 is 0 Å². The first-order valence-electron chi connectivity index (χ1n) is 7.61. The normalized spacial score (nSPS) is 15.1. The molecule has 0 aliphatic carbocycles. The SMILES string of the molecule is CCOC(C(NC)c1cccc2ncccc12)C(C)(C)C. The fraction of sp³-hybridized carbons (Fsp3) is 0.500. The molecule has 0 spiro atoms. The molecule has 0 saturated carbocycles. The second kappa shape index (κ2) is 6.54. The topological polar surface area (TPSA) is 34.1 Å². The van der Waals surface area contributed by atoms with Crippen LogP contribution in [0.4, 0.5) is 0 Å². The molecule has 0 fully saturated rings. The van der Waals surface area contributed by atoms with Gasteiger partial charge in [-0.3, -0.25) is 4.98 Å². The van der Waals surface area contributed by atoms with E-state index in [1.165, 1.54) is 10.9 Å². The van der Waals surface area contributed by atoms with Crippen molar-refractivity contribution in [2.24, 2.45) is 5.41 Å². The van der Waals surface area contributed by atoms with Crippen LogP contribution in [0.3, 0.4) is 0 Å². The van der Waals surface area contributed by atoms with E-state index >= 15 is 0 Å². The van der Waals surface area contributed by atoms with Crippen molar-refractivity contribution >= 4 is 10.9 Å². The molecule has 114 valence electrons. The van der Waals surface area contributed by atoms with Gasteiger partial charge < -0.3 is 10.1 Å². The molecule has 21 heavy (non-hydrogen) atoms. The van der Waals surface area contributed by atoms with Crippen LogP contribution in [0.15, 0.2) is 36.5 Å². The fourth-order valence-electron chi connectivity index (χ4n) is 2.89. The van der Waals surface area contributed by atoms with E-state index in [4.69, 9.17) is 4.74 Å². The lowest BCUT2D eigenvalue weighted by Gasteiger charge is -2.37. The largest absolute Gasteiger partial charge is 0.376 e. The van der Waals surface area contributed by atoms with Crippen LogP contribution in [0.5, 0.6) is 0 Å². The maximum Gasteiger partial charge on any atom is 0.0817 e. The summed E-state index contributed by atoms with van der Waals surface area (Å²) in [6.45, 7) is 9.43.